The maximum absolute atomic E-state index is 11.9. The predicted molar refractivity (Wildman–Crippen MR) is 113 cm³/mol. The van der Waals surface area contributed by atoms with Gasteiger partial charge < -0.3 is 10.6 Å². The van der Waals surface area contributed by atoms with Gasteiger partial charge in [-0.15, -0.1) is 11.8 Å². The average molecular weight is 476 g/mol. The predicted octanol–water partition coefficient (Wildman–Crippen LogP) is 4.79. The van der Waals surface area contributed by atoms with Gasteiger partial charge in [0.15, 0.2) is 0 Å². The van der Waals surface area contributed by atoms with Gasteiger partial charge in [-0.2, -0.15) is 0 Å². The summed E-state index contributed by atoms with van der Waals surface area (Å²) in [5, 5.41) is 6.75. The number of carbonyl (C=O) groups excluding carboxylic acids is 2. The van der Waals surface area contributed by atoms with Crippen LogP contribution in [0.25, 0.3) is 0 Å². The van der Waals surface area contributed by atoms with Crippen LogP contribution < -0.4 is 10.6 Å². The minimum absolute atomic E-state index is 0.113. The highest BCUT2D eigenvalue weighted by molar-refractivity contribution is 9.10. The van der Waals surface area contributed by atoms with Crippen molar-refractivity contribution in [3.63, 3.8) is 0 Å². The van der Waals surface area contributed by atoms with Crippen LogP contribution in [0.4, 0.5) is 5.69 Å². The first-order chi connectivity index (χ1) is 12.4. The minimum atomic E-state index is -0.144. The number of nitrogens with one attached hydrogen (secondary N) is 2. The monoisotopic (exact) mass is 474 g/mol. The van der Waals surface area contributed by atoms with Crippen molar-refractivity contribution >= 4 is 68.4 Å². The molecule has 0 heterocycles. The molecule has 2 N–H and O–H groups in total. The van der Waals surface area contributed by atoms with Gasteiger partial charge in [-0.3, -0.25) is 9.59 Å². The standard InChI is InChI=1S/C18H17BrCl2N2O2S/c19-13-2-1-3-16(8-13)23-18(25)11-26-10-17(24)22-5-4-12-6-14(20)9-15(21)7-12/h1-3,6-9H,4-5,10-11H2,(H,22,24)(H,23,25). The molecule has 4 nitrogen and oxygen atoms in total. The number of hydrogen-bond donors (Lipinski definition) is 2. The smallest absolute Gasteiger partial charge is 0.234 e. The van der Waals surface area contributed by atoms with Crippen LogP contribution in [0, 0.1) is 0 Å². The molecule has 0 saturated heterocycles. The molecule has 0 aliphatic rings. The van der Waals surface area contributed by atoms with Gasteiger partial charge in [0.2, 0.25) is 11.8 Å². The molecular formula is C18H17BrCl2N2O2S. The first kappa shape index (κ1) is 21.1. The molecule has 0 atom stereocenters. The summed E-state index contributed by atoms with van der Waals surface area (Å²) in [6.45, 7) is 0.486. The quantitative estimate of drug-likeness (QED) is 0.577. The lowest BCUT2D eigenvalue weighted by atomic mass is 10.1. The van der Waals surface area contributed by atoms with Crippen molar-refractivity contribution in [2.24, 2.45) is 0 Å². The highest BCUT2D eigenvalue weighted by Gasteiger charge is 2.07. The fraction of sp³-hybridized carbons (Fsp3) is 0.222. The van der Waals surface area contributed by atoms with Crippen LogP contribution in [0.15, 0.2) is 46.9 Å². The first-order valence-electron chi connectivity index (χ1n) is 7.77. The third-order valence-corrected chi connectivity index (χ3v) is 5.10. The van der Waals surface area contributed by atoms with Crippen LogP contribution in [0.3, 0.4) is 0 Å². The summed E-state index contributed by atoms with van der Waals surface area (Å²) in [6, 6.07) is 12.7. The summed E-state index contributed by atoms with van der Waals surface area (Å²) in [4.78, 5) is 23.7. The second-order valence-electron chi connectivity index (χ2n) is 5.43. The van der Waals surface area contributed by atoms with Crippen molar-refractivity contribution in [3.05, 3.63) is 62.5 Å². The van der Waals surface area contributed by atoms with Gasteiger partial charge in [0.05, 0.1) is 11.5 Å². The summed E-state index contributed by atoms with van der Waals surface area (Å²) >= 11 is 16.5. The lowest BCUT2D eigenvalue weighted by molar-refractivity contribution is -0.118. The van der Waals surface area contributed by atoms with E-state index >= 15 is 0 Å². The van der Waals surface area contributed by atoms with Crippen LogP contribution in [-0.4, -0.2) is 29.9 Å². The summed E-state index contributed by atoms with van der Waals surface area (Å²) < 4.78 is 0.892. The van der Waals surface area contributed by atoms with Gasteiger partial charge in [-0.25, -0.2) is 0 Å². The molecule has 0 aromatic heterocycles. The van der Waals surface area contributed by atoms with Crippen LogP contribution in [0.5, 0.6) is 0 Å². The molecule has 2 rings (SSSR count). The zero-order valence-electron chi connectivity index (χ0n) is 13.7. The lowest BCUT2D eigenvalue weighted by Gasteiger charge is -2.07. The number of anilines is 1. The lowest BCUT2D eigenvalue weighted by Crippen LogP contribution is -2.28. The summed E-state index contributed by atoms with van der Waals surface area (Å²) in [7, 11) is 0. The summed E-state index contributed by atoms with van der Waals surface area (Å²) in [5.41, 5.74) is 1.68. The molecule has 0 radical (unpaired) electrons. The molecular weight excluding hydrogens is 459 g/mol. The second kappa shape index (κ2) is 10.8. The zero-order valence-corrected chi connectivity index (χ0v) is 17.6. The van der Waals surface area contributed by atoms with Gasteiger partial charge >= 0.3 is 0 Å². The number of benzene rings is 2. The van der Waals surface area contributed by atoms with Crippen molar-refractivity contribution in [1.82, 2.24) is 5.32 Å². The number of carbonyl (C=O) groups is 2. The largest absolute Gasteiger partial charge is 0.355 e. The first-order valence-corrected chi connectivity index (χ1v) is 10.5. The van der Waals surface area contributed by atoms with Crippen molar-refractivity contribution in [1.29, 1.82) is 0 Å². The Hall–Kier alpha value is -1.21. The molecule has 8 heteroatoms. The molecule has 2 aromatic rings. The maximum atomic E-state index is 11.9. The third-order valence-electron chi connectivity index (χ3n) is 3.23. The SMILES string of the molecule is O=C(CSCC(=O)Nc1cccc(Br)c1)NCCc1cc(Cl)cc(Cl)c1. The molecule has 138 valence electrons. The Balaban J connectivity index is 1.63. The van der Waals surface area contributed by atoms with E-state index in [0.717, 1.165) is 15.7 Å². The number of hydrogen-bond acceptors (Lipinski definition) is 3. The molecule has 26 heavy (non-hydrogen) atoms. The Morgan fingerprint density at radius 2 is 1.69 bits per heavy atom. The van der Waals surface area contributed by atoms with Crippen LogP contribution in [0.2, 0.25) is 10.0 Å². The molecule has 0 bridgehead atoms. The van der Waals surface area contributed by atoms with E-state index in [1.54, 1.807) is 6.07 Å². The normalized spacial score (nSPS) is 10.4. The van der Waals surface area contributed by atoms with Gasteiger partial charge in [-0.05, 0) is 48.4 Å². The van der Waals surface area contributed by atoms with Crippen molar-refractivity contribution in [3.8, 4) is 0 Å². The summed E-state index contributed by atoms with van der Waals surface area (Å²) in [6.07, 6.45) is 0.639. The van der Waals surface area contributed by atoms with E-state index in [0.29, 0.717) is 23.0 Å². The average Bonchev–Trinajstić information content (AvgIpc) is 2.54. The van der Waals surface area contributed by atoms with E-state index in [9.17, 15) is 9.59 Å². The molecule has 0 unspecified atom stereocenters. The number of halogens is 3. The van der Waals surface area contributed by atoms with Gasteiger partial charge in [0.25, 0.3) is 0 Å². The number of rotatable bonds is 8. The van der Waals surface area contributed by atoms with Crippen molar-refractivity contribution < 1.29 is 9.59 Å². The zero-order chi connectivity index (χ0) is 18.9. The third kappa shape index (κ3) is 7.99. The maximum Gasteiger partial charge on any atom is 0.234 e. The van der Waals surface area contributed by atoms with E-state index in [1.165, 1.54) is 11.8 Å². The topological polar surface area (TPSA) is 58.2 Å². The Bertz CT molecular complexity index is 769. The Labute approximate surface area is 175 Å². The van der Waals surface area contributed by atoms with Crippen molar-refractivity contribution in [2.45, 2.75) is 6.42 Å². The molecule has 0 fully saturated rings. The van der Waals surface area contributed by atoms with E-state index in [1.807, 2.05) is 36.4 Å². The molecule has 0 spiro atoms. The van der Waals surface area contributed by atoms with E-state index in [4.69, 9.17) is 23.2 Å². The molecule has 2 aromatic carbocycles. The van der Waals surface area contributed by atoms with E-state index in [-0.39, 0.29) is 23.3 Å². The van der Waals surface area contributed by atoms with E-state index in [2.05, 4.69) is 26.6 Å². The second-order valence-corrected chi connectivity index (χ2v) is 8.20. The van der Waals surface area contributed by atoms with Crippen LogP contribution in [-0.2, 0) is 16.0 Å². The Morgan fingerprint density at radius 3 is 2.38 bits per heavy atom. The van der Waals surface area contributed by atoms with Gasteiger partial charge in [0.1, 0.15) is 0 Å². The minimum Gasteiger partial charge on any atom is -0.355 e. The van der Waals surface area contributed by atoms with E-state index < -0.39 is 0 Å². The number of thioether (sulfide) groups is 1. The van der Waals surface area contributed by atoms with Gasteiger partial charge in [-0.1, -0.05) is 45.2 Å². The summed E-state index contributed by atoms with van der Waals surface area (Å²) in [5.74, 6) is 0.180. The Kier molecular flexibility index (Phi) is 8.78. The van der Waals surface area contributed by atoms with Gasteiger partial charge in [0, 0.05) is 26.8 Å². The van der Waals surface area contributed by atoms with Crippen LogP contribution in [0.1, 0.15) is 5.56 Å². The molecule has 0 saturated carbocycles. The Morgan fingerprint density at radius 1 is 1.00 bits per heavy atom. The fourth-order valence-corrected chi connectivity index (χ4v) is 3.77. The van der Waals surface area contributed by atoms with Crippen LogP contribution >= 0.6 is 50.9 Å². The van der Waals surface area contributed by atoms with Crippen molar-refractivity contribution in [2.75, 3.05) is 23.4 Å². The molecule has 0 aliphatic heterocycles. The highest BCUT2D eigenvalue weighted by atomic mass is 79.9. The molecule has 2 amide bonds. The fourth-order valence-electron chi connectivity index (χ4n) is 2.15. The number of amides is 2. The molecule has 0 aliphatic carbocycles. The highest BCUT2D eigenvalue weighted by Crippen LogP contribution is 2.19.